The largest absolute Gasteiger partial charge is 0.311 e. The van der Waals surface area contributed by atoms with E-state index in [1.807, 2.05) is 91.0 Å². The maximum atomic E-state index is 9.25. The van der Waals surface area contributed by atoms with E-state index in [1.165, 1.54) is 5.39 Å². The molecular formula is C52H37N3. The molecule has 1 aromatic heterocycles. The summed E-state index contributed by atoms with van der Waals surface area (Å²) < 4.78 is 39.3. The molecule has 10 aromatic rings. The molecule has 0 saturated heterocycles. The molecule has 0 bridgehead atoms. The van der Waals surface area contributed by atoms with Gasteiger partial charge in [0.05, 0.1) is 16.5 Å². The molecular weight excluding hydrogens is 667 g/mol. The van der Waals surface area contributed by atoms with Crippen LogP contribution in [0.3, 0.4) is 0 Å². The summed E-state index contributed by atoms with van der Waals surface area (Å²) in [6.45, 7) is 0. The Morgan fingerprint density at radius 1 is 0.327 bits per heavy atom. The van der Waals surface area contributed by atoms with Crippen molar-refractivity contribution >= 4 is 66.7 Å². The van der Waals surface area contributed by atoms with Crippen LogP contribution in [0.1, 0.15) is 5.48 Å². The van der Waals surface area contributed by atoms with Crippen LogP contribution < -0.4 is 9.80 Å². The first-order valence-corrected chi connectivity index (χ1v) is 18.4. The molecule has 0 N–H and O–H groups in total. The number of hydrogen-bond donors (Lipinski definition) is 0. The SMILES string of the molecule is [2H]c1c([2H])c(N(c2ccccc2)c2ccccc2)c([2H])c([2H])c1-c1ccc2cc(N(c3ccccc3)c3ccc4c(c3)c3ccccc3n4-c3ccccc3)ccc2c1. The first kappa shape index (κ1) is 28.2. The lowest BCUT2D eigenvalue weighted by Gasteiger charge is -2.26. The highest BCUT2D eigenvalue weighted by Crippen LogP contribution is 2.41. The highest BCUT2D eigenvalue weighted by atomic mass is 15.1. The topological polar surface area (TPSA) is 11.4 Å². The molecule has 3 heteroatoms. The summed E-state index contributed by atoms with van der Waals surface area (Å²) in [5.41, 5.74) is 9.03. The first-order valence-electron chi connectivity index (χ1n) is 20.4. The van der Waals surface area contributed by atoms with Crippen LogP contribution in [0.5, 0.6) is 0 Å². The molecule has 0 aliphatic carbocycles. The molecule has 0 spiro atoms. The van der Waals surface area contributed by atoms with Crippen LogP contribution in [-0.2, 0) is 0 Å². The van der Waals surface area contributed by atoms with E-state index in [0.29, 0.717) is 5.56 Å². The lowest BCUT2D eigenvalue weighted by molar-refractivity contribution is 1.18. The predicted molar refractivity (Wildman–Crippen MR) is 233 cm³/mol. The number of anilines is 6. The van der Waals surface area contributed by atoms with Crippen molar-refractivity contribution in [2.75, 3.05) is 9.80 Å². The number of para-hydroxylation sites is 5. The highest BCUT2D eigenvalue weighted by molar-refractivity contribution is 6.10. The summed E-state index contributed by atoms with van der Waals surface area (Å²) in [4.78, 5) is 4.07. The molecule has 0 radical (unpaired) electrons. The lowest BCUT2D eigenvalue weighted by Crippen LogP contribution is -2.09. The second-order valence-electron chi connectivity index (χ2n) is 13.5. The minimum Gasteiger partial charge on any atom is -0.311 e. The number of hydrogen-bond acceptors (Lipinski definition) is 2. The molecule has 1 heterocycles. The van der Waals surface area contributed by atoms with E-state index in [9.17, 15) is 5.48 Å². The Hall–Kier alpha value is -7.36. The third-order valence-electron chi connectivity index (χ3n) is 10.2. The molecule has 3 nitrogen and oxygen atoms in total. The fraction of sp³-hybridized carbons (Fsp3) is 0. The monoisotopic (exact) mass is 707 g/mol. The summed E-state index contributed by atoms with van der Waals surface area (Å²) in [6.07, 6.45) is 0. The van der Waals surface area contributed by atoms with Gasteiger partial charge in [0.15, 0.2) is 0 Å². The van der Waals surface area contributed by atoms with E-state index in [4.69, 9.17) is 0 Å². The molecule has 260 valence electrons. The third-order valence-corrected chi connectivity index (χ3v) is 10.2. The van der Waals surface area contributed by atoms with E-state index in [0.717, 1.165) is 61.3 Å². The average molecular weight is 708 g/mol. The van der Waals surface area contributed by atoms with Gasteiger partial charge in [-0.1, -0.05) is 121 Å². The fourth-order valence-corrected chi connectivity index (χ4v) is 7.63. The highest BCUT2D eigenvalue weighted by Gasteiger charge is 2.18. The summed E-state index contributed by atoms with van der Waals surface area (Å²) in [7, 11) is 0. The molecule has 9 aromatic carbocycles. The maximum Gasteiger partial charge on any atom is 0.0645 e. The molecule has 0 unspecified atom stereocenters. The molecule has 0 saturated carbocycles. The standard InChI is InChI=1S/C52H37N3/c1-5-15-42(16-6-1)53(43-17-7-2-8-18-43)46-30-27-38(28-31-46)39-25-26-41-36-47(32-29-40(41)35-39)54(44-19-9-3-10-20-44)48-33-34-52-50(37-48)49-23-13-14-24-51(49)55(52)45-21-11-4-12-22-45/h1-37H/i27D,28D,30D,31D. The Morgan fingerprint density at radius 3 is 1.47 bits per heavy atom. The zero-order valence-electron chi connectivity index (χ0n) is 33.9. The van der Waals surface area contributed by atoms with Crippen LogP contribution in [0.15, 0.2) is 224 Å². The van der Waals surface area contributed by atoms with E-state index < -0.39 is 0 Å². The van der Waals surface area contributed by atoms with Crippen molar-refractivity contribution in [1.29, 1.82) is 0 Å². The number of aromatic nitrogens is 1. The molecule has 0 atom stereocenters. The second kappa shape index (κ2) is 13.9. The van der Waals surface area contributed by atoms with Crippen molar-refractivity contribution in [3.05, 3.63) is 224 Å². The van der Waals surface area contributed by atoms with Gasteiger partial charge in [-0.15, -0.1) is 0 Å². The van der Waals surface area contributed by atoms with Gasteiger partial charge in [0.2, 0.25) is 0 Å². The smallest absolute Gasteiger partial charge is 0.0645 e. The fourth-order valence-electron chi connectivity index (χ4n) is 7.63. The van der Waals surface area contributed by atoms with Gasteiger partial charge < -0.3 is 14.4 Å². The van der Waals surface area contributed by atoms with Crippen molar-refractivity contribution in [2.24, 2.45) is 0 Å². The van der Waals surface area contributed by atoms with Gasteiger partial charge in [0, 0.05) is 50.6 Å². The second-order valence-corrected chi connectivity index (χ2v) is 13.5. The Morgan fingerprint density at radius 2 is 0.818 bits per heavy atom. The molecule has 0 aliphatic heterocycles. The van der Waals surface area contributed by atoms with Crippen LogP contribution in [0.4, 0.5) is 34.1 Å². The average Bonchev–Trinajstić information content (AvgIpc) is 3.62. The van der Waals surface area contributed by atoms with Crippen LogP contribution in [0, 0.1) is 0 Å². The zero-order valence-corrected chi connectivity index (χ0v) is 29.9. The first-order chi connectivity index (χ1) is 29.0. The Bertz CT molecular complexity index is 3080. The minimum absolute atomic E-state index is 0.0897. The molecule has 0 amide bonds. The van der Waals surface area contributed by atoms with Crippen LogP contribution >= 0.6 is 0 Å². The number of nitrogens with zero attached hydrogens (tertiary/aromatic N) is 3. The molecule has 10 rings (SSSR count). The molecule has 0 fully saturated rings. The van der Waals surface area contributed by atoms with Gasteiger partial charge in [-0.3, -0.25) is 0 Å². The van der Waals surface area contributed by atoms with E-state index in [1.54, 1.807) is 4.90 Å². The van der Waals surface area contributed by atoms with Crippen molar-refractivity contribution in [3.63, 3.8) is 0 Å². The summed E-state index contributed by atoms with van der Waals surface area (Å²) in [5.74, 6) is 0. The summed E-state index contributed by atoms with van der Waals surface area (Å²) in [6, 6.07) is 67.0. The van der Waals surface area contributed by atoms with E-state index in [-0.39, 0.29) is 35.4 Å². The van der Waals surface area contributed by atoms with Gasteiger partial charge in [0.25, 0.3) is 0 Å². The zero-order chi connectivity index (χ0) is 40.0. The minimum atomic E-state index is -0.105. The van der Waals surface area contributed by atoms with Crippen molar-refractivity contribution in [1.82, 2.24) is 4.57 Å². The number of fused-ring (bicyclic) bond motifs is 4. The Balaban J connectivity index is 1.07. The van der Waals surface area contributed by atoms with Crippen LogP contribution in [-0.4, -0.2) is 4.57 Å². The normalized spacial score (nSPS) is 12.3. The van der Waals surface area contributed by atoms with E-state index >= 15 is 0 Å². The number of rotatable bonds is 8. The maximum absolute atomic E-state index is 9.25. The predicted octanol–water partition coefficient (Wildman–Crippen LogP) is 14.5. The van der Waals surface area contributed by atoms with Gasteiger partial charge in [0.1, 0.15) is 0 Å². The Kier molecular flexibility index (Phi) is 7.12. The summed E-state index contributed by atoms with van der Waals surface area (Å²) >= 11 is 0. The quantitative estimate of drug-likeness (QED) is 0.156. The summed E-state index contributed by atoms with van der Waals surface area (Å²) in [5, 5.41) is 4.26. The van der Waals surface area contributed by atoms with Gasteiger partial charge >= 0.3 is 0 Å². The van der Waals surface area contributed by atoms with Crippen molar-refractivity contribution in [3.8, 4) is 16.8 Å². The van der Waals surface area contributed by atoms with Crippen molar-refractivity contribution < 1.29 is 5.48 Å². The van der Waals surface area contributed by atoms with Gasteiger partial charge in [-0.25, -0.2) is 0 Å². The lowest BCUT2D eigenvalue weighted by atomic mass is 10.00. The third kappa shape index (κ3) is 5.98. The number of benzene rings is 9. The molecule has 55 heavy (non-hydrogen) atoms. The van der Waals surface area contributed by atoms with Crippen LogP contribution in [0.25, 0.3) is 49.4 Å². The van der Waals surface area contributed by atoms with Crippen LogP contribution in [0.2, 0.25) is 0 Å². The van der Waals surface area contributed by atoms with Crippen molar-refractivity contribution in [2.45, 2.75) is 0 Å². The van der Waals surface area contributed by atoms with Gasteiger partial charge in [-0.2, -0.15) is 0 Å². The molecule has 0 aliphatic rings. The van der Waals surface area contributed by atoms with E-state index in [2.05, 4.69) is 119 Å². The van der Waals surface area contributed by atoms with Gasteiger partial charge in [-0.05, 0) is 125 Å². The Labute approximate surface area is 326 Å².